The monoisotopic (exact) mass is 273 g/mol. The topological polar surface area (TPSA) is 84.2 Å². The normalized spacial score (nSPS) is 18.0. The number of aliphatic hydroxyl groups excluding tert-OH is 1. The summed E-state index contributed by atoms with van der Waals surface area (Å²) < 4.78 is 28.3. The highest BCUT2D eigenvalue weighted by atomic mass is 32.2. The third-order valence-electron chi connectivity index (χ3n) is 3.36. The van der Waals surface area contributed by atoms with E-state index in [-0.39, 0.29) is 17.4 Å². The van der Waals surface area contributed by atoms with Crippen LogP contribution in [-0.4, -0.2) is 36.0 Å². The molecule has 7 heteroatoms. The molecule has 0 amide bonds. The van der Waals surface area contributed by atoms with Gasteiger partial charge < -0.3 is 5.11 Å². The first-order valence-corrected chi connectivity index (χ1v) is 7.49. The van der Waals surface area contributed by atoms with Crippen LogP contribution in [0.1, 0.15) is 24.2 Å². The number of aromatic nitrogens is 2. The van der Waals surface area contributed by atoms with Crippen LogP contribution in [0.25, 0.3) is 0 Å². The average Bonchev–Trinajstić information content (AvgIpc) is 3.05. The van der Waals surface area contributed by atoms with Crippen molar-refractivity contribution in [1.29, 1.82) is 0 Å². The summed E-state index contributed by atoms with van der Waals surface area (Å²) in [5.41, 5.74) is 1.07. The van der Waals surface area contributed by atoms with E-state index >= 15 is 0 Å². The summed E-state index contributed by atoms with van der Waals surface area (Å²) in [6.45, 7) is 3.45. The zero-order valence-electron chi connectivity index (χ0n) is 10.8. The lowest BCUT2D eigenvalue weighted by molar-refractivity contribution is 0.155. The van der Waals surface area contributed by atoms with Gasteiger partial charge >= 0.3 is 0 Å². The highest BCUT2D eigenvalue weighted by Crippen LogP contribution is 2.32. The standard InChI is InChI=1S/C11H19N3O3S/c1-7-11(8(2)14(3)13-7)18(16,17)12-6-10(15)9-4-5-9/h9-10,12,15H,4-6H2,1-3H3. The van der Waals surface area contributed by atoms with Crippen molar-refractivity contribution in [2.45, 2.75) is 37.7 Å². The molecule has 1 aromatic heterocycles. The van der Waals surface area contributed by atoms with Crippen molar-refractivity contribution in [2.24, 2.45) is 13.0 Å². The Morgan fingerprint density at radius 2 is 2.11 bits per heavy atom. The molecule has 0 radical (unpaired) electrons. The van der Waals surface area contributed by atoms with Gasteiger partial charge in [-0.15, -0.1) is 0 Å². The first kappa shape index (κ1) is 13.5. The Hall–Kier alpha value is -0.920. The van der Waals surface area contributed by atoms with E-state index in [2.05, 4.69) is 9.82 Å². The molecule has 0 aromatic carbocycles. The molecule has 2 N–H and O–H groups in total. The van der Waals surface area contributed by atoms with Gasteiger partial charge in [-0.1, -0.05) is 0 Å². The maximum Gasteiger partial charge on any atom is 0.244 e. The Kier molecular flexibility index (Phi) is 3.48. The first-order valence-electron chi connectivity index (χ1n) is 6.01. The summed E-state index contributed by atoms with van der Waals surface area (Å²) in [4.78, 5) is 0.216. The summed E-state index contributed by atoms with van der Waals surface area (Å²) in [5.74, 6) is 0.254. The van der Waals surface area contributed by atoms with Crippen molar-refractivity contribution in [3.63, 3.8) is 0 Å². The van der Waals surface area contributed by atoms with Crippen LogP contribution >= 0.6 is 0 Å². The van der Waals surface area contributed by atoms with Crippen LogP contribution in [0.4, 0.5) is 0 Å². The van der Waals surface area contributed by atoms with Crippen LogP contribution in [0.3, 0.4) is 0 Å². The second kappa shape index (κ2) is 4.64. The van der Waals surface area contributed by atoms with Crippen molar-refractivity contribution >= 4 is 10.0 Å². The molecule has 0 aliphatic heterocycles. The molecule has 1 saturated carbocycles. The quantitative estimate of drug-likeness (QED) is 0.796. The number of aryl methyl sites for hydroxylation is 2. The molecule has 1 heterocycles. The number of aliphatic hydroxyl groups is 1. The molecule has 1 aliphatic carbocycles. The van der Waals surface area contributed by atoms with Crippen molar-refractivity contribution in [1.82, 2.24) is 14.5 Å². The minimum Gasteiger partial charge on any atom is -0.391 e. The van der Waals surface area contributed by atoms with Gasteiger partial charge in [-0.25, -0.2) is 13.1 Å². The molecular formula is C11H19N3O3S. The summed E-state index contributed by atoms with van der Waals surface area (Å²) >= 11 is 0. The van der Waals surface area contributed by atoms with Crippen LogP contribution in [0.15, 0.2) is 4.90 Å². The van der Waals surface area contributed by atoms with Gasteiger partial charge in [-0.05, 0) is 32.6 Å². The molecular weight excluding hydrogens is 254 g/mol. The van der Waals surface area contributed by atoms with Gasteiger partial charge in [0.15, 0.2) is 0 Å². The fourth-order valence-corrected chi connectivity index (χ4v) is 3.54. The fraction of sp³-hybridized carbons (Fsp3) is 0.727. The van der Waals surface area contributed by atoms with Gasteiger partial charge in [0.05, 0.1) is 17.5 Å². The van der Waals surface area contributed by atoms with Gasteiger partial charge in [0, 0.05) is 13.6 Å². The highest BCUT2D eigenvalue weighted by Gasteiger charge is 2.31. The summed E-state index contributed by atoms with van der Waals surface area (Å²) in [5, 5.41) is 13.8. The molecule has 0 spiro atoms. The Balaban J connectivity index is 2.14. The van der Waals surface area contributed by atoms with E-state index in [4.69, 9.17) is 0 Å². The Morgan fingerprint density at radius 1 is 1.50 bits per heavy atom. The van der Waals surface area contributed by atoms with E-state index in [1.807, 2.05) is 0 Å². The van der Waals surface area contributed by atoms with Crippen LogP contribution < -0.4 is 4.72 Å². The third-order valence-corrected chi connectivity index (χ3v) is 5.03. The highest BCUT2D eigenvalue weighted by molar-refractivity contribution is 7.89. The average molecular weight is 273 g/mol. The maximum absolute atomic E-state index is 12.2. The first-order chi connectivity index (χ1) is 8.33. The van der Waals surface area contributed by atoms with Gasteiger partial charge in [-0.2, -0.15) is 5.10 Å². The van der Waals surface area contributed by atoms with Crippen LogP contribution in [0.5, 0.6) is 0 Å². The second-order valence-corrected chi connectivity index (χ2v) is 6.58. The number of hydrogen-bond acceptors (Lipinski definition) is 4. The predicted octanol–water partition coefficient (Wildman–Crippen LogP) is 0.0861. The lowest BCUT2D eigenvalue weighted by atomic mass is 10.2. The molecule has 0 bridgehead atoms. The van der Waals surface area contributed by atoms with Crippen molar-refractivity contribution in [3.8, 4) is 0 Å². The largest absolute Gasteiger partial charge is 0.391 e. The Morgan fingerprint density at radius 3 is 2.56 bits per heavy atom. The molecule has 2 rings (SSSR count). The number of rotatable bonds is 5. The lowest BCUT2D eigenvalue weighted by Crippen LogP contribution is -2.33. The SMILES string of the molecule is Cc1nn(C)c(C)c1S(=O)(=O)NCC(O)C1CC1. The number of sulfonamides is 1. The lowest BCUT2D eigenvalue weighted by Gasteiger charge is -2.11. The van der Waals surface area contributed by atoms with Crippen molar-refractivity contribution in [2.75, 3.05) is 6.54 Å². The van der Waals surface area contributed by atoms with Gasteiger partial charge in [0.25, 0.3) is 0 Å². The predicted molar refractivity (Wildman–Crippen MR) is 66.6 cm³/mol. The molecule has 6 nitrogen and oxygen atoms in total. The second-order valence-electron chi connectivity index (χ2n) is 4.88. The number of nitrogens with one attached hydrogen (secondary N) is 1. The van der Waals surface area contributed by atoms with E-state index in [1.165, 1.54) is 0 Å². The van der Waals surface area contributed by atoms with E-state index < -0.39 is 16.1 Å². The number of hydrogen-bond donors (Lipinski definition) is 2. The molecule has 0 saturated heterocycles. The maximum atomic E-state index is 12.2. The summed E-state index contributed by atoms with van der Waals surface area (Å²) in [7, 11) is -1.89. The van der Waals surface area contributed by atoms with E-state index in [9.17, 15) is 13.5 Å². The molecule has 1 fully saturated rings. The molecule has 1 atom stereocenters. The summed E-state index contributed by atoms with van der Waals surface area (Å²) in [6.07, 6.45) is 1.37. The minimum atomic E-state index is -3.59. The zero-order valence-corrected chi connectivity index (χ0v) is 11.7. The smallest absolute Gasteiger partial charge is 0.244 e. The Bertz CT molecular complexity index is 546. The van der Waals surface area contributed by atoms with Crippen molar-refractivity contribution in [3.05, 3.63) is 11.4 Å². The van der Waals surface area contributed by atoms with E-state index in [1.54, 1.807) is 25.6 Å². The van der Waals surface area contributed by atoms with Gasteiger partial charge in [-0.3, -0.25) is 4.68 Å². The van der Waals surface area contributed by atoms with Crippen LogP contribution in [0.2, 0.25) is 0 Å². The fourth-order valence-electron chi connectivity index (χ4n) is 2.06. The molecule has 1 aliphatic rings. The van der Waals surface area contributed by atoms with Gasteiger partial charge in [0.1, 0.15) is 4.90 Å². The zero-order chi connectivity index (χ0) is 13.5. The third kappa shape index (κ3) is 2.57. The molecule has 1 unspecified atom stereocenters. The van der Waals surface area contributed by atoms with Crippen molar-refractivity contribution < 1.29 is 13.5 Å². The molecule has 102 valence electrons. The van der Waals surface area contributed by atoms with Crippen LogP contribution in [0, 0.1) is 19.8 Å². The molecule has 18 heavy (non-hydrogen) atoms. The summed E-state index contributed by atoms with van der Waals surface area (Å²) in [6, 6.07) is 0. The van der Waals surface area contributed by atoms with Crippen LogP contribution in [-0.2, 0) is 17.1 Å². The molecule has 1 aromatic rings. The van der Waals surface area contributed by atoms with Gasteiger partial charge in [0.2, 0.25) is 10.0 Å². The van der Waals surface area contributed by atoms with E-state index in [0.29, 0.717) is 11.4 Å². The minimum absolute atomic E-state index is 0.0702. The van der Waals surface area contributed by atoms with E-state index in [0.717, 1.165) is 12.8 Å². The number of nitrogens with zero attached hydrogens (tertiary/aromatic N) is 2. The Labute approximate surface area is 107 Å².